The van der Waals surface area contributed by atoms with Crippen molar-refractivity contribution in [1.29, 1.82) is 0 Å². The molecule has 0 aliphatic rings. The van der Waals surface area contributed by atoms with Gasteiger partial charge in [0.15, 0.2) is 0 Å². The Hall–Kier alpha value is -0.763. The third-order valence-corrected chi connectivity index (χ3v) is 2.57. The molecule has 0 heterocycles. The van der Waals surface area contributed by atoms with Crippen molar-refractivity contribution < 1.29 is 4.43 Å². The average Bonchev–Trinajstić information content (AvgIpc) is 2.01. The van der Waals surface area contributed by atoms with Gasteiger partial charge in [-0.1, -0.05) is 0 Å². The second-order valence-corrected chi connectivity index (χ2v) is 3.14. The van der Waals surface area contributed by atoms with Crippen LogP contribution in [0.25, 0.3) is 0 Å². The van der Waals surface area contributed by atoms with Crippen molar-refractivity contribution >= 4 is 10.5 Å². The summed E-state index contributed by atoms with van der Waals surface area (Å²) in [5.41, 5.74) is 3.75. The summed E-state index contributed by atoms with van der Waals surface area (Å²) in [5.74, 6) is 0.986. The van der Waals surface area contributed by atoms with Crippen LogP contribution >= 0.6 is 0 Å². The molecule has 11 heavy (non-hydrogen) atoms. The summed E-state index contributed by atoms with van der Waals surface area (Å²) in [5, 5.41) is 0. The zero-order chi connectivity index (χ0) is 8.43. The molecule has 0 aliphatic carbocycles. The van der Waals surface area contributed by atoms with E-state index in [0.29, 0.717) is 0 Å². The lowest BCUT2D eigenvalue weighted by molar-refractivity contribution is 0.609. The lowest BCUT2D eigenvalue weighted by Crippen LogP contribution is -1.93. The molecule has 0 N–H and O–H groups in total. The zero-order valence-corrected chi connectivity index (χ0v) is 9.49. The summed E-state index contributed by atoms with van der Waals surface area (Å²) in [6.07, 6.45) is 0. The average molecular weight is 165 g/mol. The summed E-state index contributed by atoms with van der Waals surface area (Å²) < 4.78 is 5.29. The van der Waals surface area contributed by atoms with Gasteiger partial charge in [-0.25, -0.2) is 0 Å². The van der Waals surface area contributed by atoms with Crippen LogP contribution in [0.1, 0.15) is 16.7 Å². The van der Waals surface area contributed by atoms with Gasteiger partial charge in [0, 0.05) is 0 Å². The van der Waals surface area contributed by atoms with Gasteiger partial charge in [0.1, 0.15) is 5.75 Å². The summed E-state index contributed by atoms with van der Waals surface area (Å²) in [6.45, 7) is 6.26. The van der Waals surface area contributed by atoms with Crippen molar-refractivity contribution in [3.63, 3.8) is 0 Å². The van der Waals surface area contributed by atoms with Gasteiger partial charge in [-0.2, -0.15) is 0 Å². The van der Waals surface area contributed by atoms with E-state index in [0.717, 1.165) is 16.2 Å². The van der Waals surface area contributed by atoms with Crippen LogP contribution in [0.15, 0.2) is 6.07 Å². The minimum Gasteiger partial charge on any atom is -0.553 e. The monoisotopic (exact) mass is 165 g/mol. The fraction of sp³-hybridized carbons (Fsp3) is 0.333. The minimum atomic E-state index is 0.751. The van der Waals surface area contributed by atoms with E-state index in [-0.39, 0.29) is 0 Å². The number of hydrogen-bond acceptors (Lipinski definition) is 1. The predicted molar refractivity (Wildman–Crippen MR) is 50.1 cm³/mol. The summed E-state index contributed by atoms with van der Waals surface area (Å²) in [4.78, 5) is 0. The smallest absolute Gasteiger partial charge is 0.204 e. The first-order valence-corrected chi connectivity index (χ1v) is 4.51. The molecule has 1 nitrogen and oxygen atoms in total. The van der Waals surface area contributed by atoms with Crippen molar-refractivity contribution in [3.05, 3.63) is 28.8 Å². The van der Waals surface area contributed by atoms with Gasteiger partial charge in [-0.05, 0) is 49.6 Å². The highest BCUT2D eigenvalue weighted by atomic mass is 28.2. The summed E-state index contributed by atoms with van der Waals surface area (Å²) in [6, 6.07) is 5.08. The highest BCUT2D eigenvalue weighted by Gasteiger charge is 2.01. The van der Waals surface area contributed by atoms with Crippen molar-refractivity contribution in [2.24, 2.45) is 0 Å². The van der Waals surface area contributed by atoms with Gasteiger partial charge in [0.05, 0.1) is 0 Å². The van der Waals surface area contributed by atoms with Crippen molar-refractivity contribution in [2.45, 2.75) is 20.8 Å². The SMILES string of the molecule is Cc1[c]cc(O[SiH3])c(C)c1C. The molecule has 1 rings (SSSR count). The van der Waals surface area contributed by atoms with E-state index >= 15 is 0 Å². The number of benzene rings is 1. The molecule has 0 atom stereocenters. The molecule has 0 unspecified atom stereocenters. The predicted octanol–water partition coefficient (Wildman–Crippen LogP) is 1.07. The van der Waals surface area contributed by atoms with Crippen LogP contribution in [0.3, 0.4) is 0 Å². The molecular weight excluding hydrogens is 152 g/mol. The van der Waals surface area contributed by atoms with Crippen LogP contribution in [0.2, 0.25) is 0 Å². The Labute approximate surface area is 70.9 Å². The molecule has 1 radical (unpaired) electrons. The number of hydrogen-bond donors (Lipinski definition) is 0. The largest absolute Gasteiger partial charge is 0.553 e. The van der Waals surface area contributed by atoms with Crippen LogP contribution in [0.5, 0.6) is 5.75 Å². The van der Waals surface area contributed by atoms with Crippen molar-refractivity contribution in [1.82, 2.24) is 0 Å². The molecule has 0 aromatic heterocycles. The summed E-state index contributed by atoms with van der Waals surface area (Å²) in [7, 11) is 0.751. The maximum atomic E-state index is 5.29. The Bertz CT molecular complexity index is 269. The lowest BCUT2D eigenvalue weighted by Gasteiger charge is -2.09. The normalized spacial score (nSPS) is 10.1. The molecule has 0 saturated carbocycles. The van der Waals surface area contributed by atoms with E-state index in [1.165, 1.54) is 16.7 Å². The van der Waals surface area contributed by atoms with Crippen molar-refractivity contribution in [3.8, 4) is 5.75 Å². The van der Waals surface area contributed by atoms with E-state index in [1.807, 2.05) is 6.07 Å². The van der Waals surface area contributed by atoms with Gasteiger partial charge >= 0.3 is 0 Å². The standard InChI is InChI=1S/C9H13OSi/c1-6-4-5-9(10-11)8(3)7(6)2/h5H,1-3,11H3. The first kappa shape index (κ1) is 8.33. The molecule has 0 saturated heterocycles. The molecule has 0 spiro atoms. The van der Waals surface area contributed by atoms with Crippen molar-refractivity contribution in [2.75, 3.05) is 0 Å². The maximum absolute atomic E-state index is 5.29. The van der Waals surface area contributed by atoms with Gasteiger partial charge in [0.2, 0.25) is 10.5 Å². The molecule has 1 aromatic carbocycles. The fourth-order valence-electron chi connectivity index (χ4n) is 1.07. The quantitative estimate of drug-likeness (QED) is 0.566. The molecule has 0 bridgehead atoms. The first-order valence-electron chi connectivity index (χ1n) is 3.69. The second-order valence-electron chi connectivity index (χ2n) is 2.73. The Balaban J connectivity index is 3.25. The highest BCUT2D eigenvalue weighted by Crippen LogP contribution is 2.22. The van der Waals surface area contributed by atoms with E-state index < -0.39 is 0 Å². The first-order chi connectivity index (χ1) is 5.16. The van der Waals surface area contributed by atoms with Crippen LogP contribution in [-0.2, 0) is 0 Å². The van der Waals surface area contributed by atoms with Gasteiger partial charge < -0.3 is 4.43 Å². The minimum absolute atomic E-state index is 0.751. The number of aryl methyl sites for hydroxylation is 1. The van der Waals surface area contributed by atoms with E-state index in [9.17, 15) is 0 Å². The van der Waals surface area contributed by atoms with Gasteiger partial charge in [-0.3, -0.25) is 0 Å². The third-order valence-electron chi connectivity index (χ3n) is 2.13. The molecule has 1 aromatic rings. The maximum Gasteiger partial charge on any atom is 0.204 e. The lowest BCUT2D eigenvalue weighted by atomic mass is 10.0. The molecule has 59 valence electrons. The molecule has 2 heteroatoms. The summed E-state index contributed by atoms with van der Waals surface area (Å²) >= 11 is 0. The number of rotatable bonds is 1. The second kappa shape index (κ2) is 3.09. The van der Waals surface area contributed by atoms with E-state index in [4.69, 9.17) is 4.43 Å². The highest BCUT2D eigenvalue weighted by molar-refractivity contribution is 6.00. The topological polar surface area (TPSA) is 9.23 Å². The van der Waals surface area contributed by atoms with Crippen LogP contribution in [0, 0.1) is 26.8 Å². The Morgan fingerprint density at radius 2 is 1.91 bits per heavy atom. The Morgan fingerprint density at radius 1 is 1.27 bits per heavy atom. The Morgan fingerprint density at radius 3 is 2.45 bits per heavy atom. The molecule has 0 fully saturated rings. The molecule has 0 amide bonds. The fourth-order valence-corrected chi connectivity index (χ4v) is 1.49. The van der Waals surface area contributed by atoms with E-state index in [1.54, 1.807) is 0 Å². The van der Waals surface area contributed by atoms with Gasteiger partial charge in [0.25, 0.3) is 0 Å². The third kappa shape index (κ3) is 1.45. The molecular formula is C9H13OSi. The van der Waals surface area contributed by atoms with Crippen LogP contribution in [0.4, 0.5) is 0 Å². The van der Waals surface area contributed by atoms with E-state index in [2.05, 4.69) is 26.8 Å². The van der Waals surface area contributed by atoms with Crippen LogP contribution in [-0.4, -0.2) is 10.5 Å². The molecule has 0 aliphatic heterocycles. The van der Waals surface area contributed by atoms with Gasteiger partial charge in [-0.15, -0.1) is 0 Å². The Kier molecular flexibility index (Phi) is 2.34. The van der Waals surface area contributed by atoms with Crippen LogP contribution < -0.4 is 4.43 Å². The zero-order valence-electron chi connectivity index (χ0n) is 7.49.